The van der Waals surface area contributed by atoms with E-state index in [1.807, 2.05) is 36.4 Å². The van der Waals surface area contributed by atoms with Crippen molar-refractivity contribution >= 4 is 11.5 Å². The molecule has 0 bridgehead atoms. The van der Waals surface area contributed by atoms with Crippen LogP contribution >= 0.6 is 0 Å². The van der Waals surface area contributed by atoms with Gasteiger partial charge in [-0.15, -0.1) is 14.8 Å². The summed E-state index contributed by atoms with van der Waals surface area (Å²) < 4.78 is 1.39. The highest BCUT2D eigenvalue weighted by Gasteiger charge is 2.02. The Balaban J connectivity index is 1.78. The predicted molar refractivity (Wildman–Crippen MR) is 70.2 cm³/mol. The van der Waals surface area contributed by atoms with E-state index in [4.69, 9.17) is 5.73 Å². The molecule has 2 heterocycles. The van der Waals surface area contributed by atoms with E-state index in [0.29, 0.717) is 24.6 Å². The highest BCUT2D eigenvalue weighted by molar-refractivity contribution is 5.43. The summed E-state index contributed by atoms with van der Waals surface area (Å²) >= 11 is 0. The molecular formula is C12H13N7. The second-order valence-electron chi connectivity index (χ2n) is 4.07. The van der Waals surface area contributed by atoms with Crippen LogP contribution in [0, 0.1) is 0 Å². The van der Waals surface area contributed by atoms with Gasteiger partial charge in [0, 0.05) is 13.1 Å². The Bertz CT molecular complexity index is 691. The first-order valence-corrected chi connectivity index (χ1v) is 5.93. The standard InChI is InChI=1S/C12H13N7/c13-7-9-3-1-2-4-10(9)8-14-11-5-6-12-15-17-18-19(12)16-11/h1-6H,7-8,13H2,(H,14,16). The molecule has 19 heavy (non-hydrogen) atoms. The number of nitrogens with two attached hydrogens (primary N) is 1. The van der Waals surface area contributed by atoms with Gasteiger partial charge >= 0.3 is 0 Å². The molecule has 3 rings (SSSR count). The zero-order valence-corrected chi connectivity index (χ0v) is 10.2. The summed E-state index contributed by atoms with van der Waals surface area (Å²) in [6, 6.07) is 11.7. The van der Waals surface area contributed by atoms with Crippen molar-refractivity contribution in [2.75, 3.05) is 5.32 Å². The van der Waals surface area contributed by atoms with Crippen molar-refractivity contribution < 1.29 is 0 Å². The molecule has 0 amide bonds. The van der Waals surface area contributed by atoms with Crippen LogP contribution in [-0.4, -0.2) is 25.3 Å². The number of nitrogens with zero attached hydrogens (tertiary/aromatic N) is 5. The molecule has 0 atom stereocenters. The maximum absolute atomic E-state index is 5.71. The number of anilines is 1. The third kappa shape index (κ3) is 2.36. The number of tetrazole rings is 1. The maximum Gasteiger partial charge on any atom is 0.200 e. The molecular weight excluding hydrogens is 242 g/mol. The van der Waals surface area contributed by atoms with E-state index in [2.05, 4.69) is 25.9 Å². The molecule has 96 valence electrons. The monoisotopic (exact) mass is 255 g/mol. The van der Waals surface area contributed by atoms with Crippen LogP contribution in [0.2, 0.25) is 0 Å². The zero-order valence-electron chi connectivity index (χ0n) is 10.2. The normalized spacial score (nSPS) is 10.8. The molecule has 1 aromatic carbocycles. The van der Waals surface area contributed by atoms with Gasteiger partial charge in [0.05, 0.1) is 0 Å². The Morgan fingerprint density at radius 2 is 1.95 bits per heavy atom. The molecule has 0 aliphatic rings. The van der Waals surface area contributed by atoms with Gasteiger partial charge in [0.15, 0.2) is 5.65 Å². The molecule has 3 N–H and O–H groups in total. The zero-order chi connectivity index (χ0) is 13.1. The average Bonchev–Trinajstić information content (AvgIpc) is 2.93. The van der Waals surface area contributed by atoms with E-state index in [1.54, 1.807) is 0 Å². The van der Waals surface area contributed by atoms with E-state index in [9.17, 15) is 0 Å². The summed E-state index contributed by atoms with van der Waals surface area (Å²) in [5.74, 6) is 0.714. The SMILES string of the molecule is NCc1ccccc1CNc1ccc2nnnn2n1. The molecule has 0 spiro atoms. The van der Waals surface area contributed by atoms with Crippen molar-refractivity contribution in [3.05, 3.63) is 47.5 Å². The highest BCUT2D eigenvalue weighted by atomic mass is 15.6. The molecule has 0 unspecified atom stereocenters. The summed E-state index contributed by atoms with van der Waals surface area (Å²) in [7, 11) is 0. The van der Waals surface area contributed by atoms with Gasteiger partial charge in [0.1, 0.15) is 5.82 Å². The molecule has 7 nitrogen and oxygen atoms in total. The third-order valence-corrected chi connectivity index (χ3v) is 2.87. The van der Waals surface area contributed by atoms with Gasteiger partial charge in [-0.05, 0) is 33.7 Å². The second-order valence-corrected chi connectivity index (χ2v) is 4.07. The molecule has 3 aromatic rings. The summed E-state index contributed by atoms with van der Waals surface area (Å²) in [6.45, 7) is 1.19. The van der Waals surface area contributed by atoms with Crippen LogP contribution in [0.4, 0.5) is 5.82 Å². The predicted octanol–water partition coefficient (Wildman–Crippen LogP) is 0.590. The van der Waals surface area contributed by atoms with Crippen LogP contribution in [0.3, 0.4) is 0 Å². The van der Waals surface area contributed by atoms with Crippen LogP contribution in [0.25, 0.3) is 5.65 Å². The molecule has 0 aliphatic heterocycles. The van der Waals surface area contributed by atoms with Crippen molar-refractivity contribution in [3.8, 4) is 0 Å². The molecule has 2 aromatic heterocycles. The smallest absolute Gasteiger partial charge is 0.200 e. The fourth-order valence-corrected chi connectivity index (χ4v) is 1.86. The number of fused-ring (bicyclic) bond motifs is 1. The number of rotatable bonds is 4. The molecule has 0 aliphatic carbocycles. The number of nitrogens with one attached hydrogen (secondary N) is 1. The van der Waals surface area contributed by atoms with E-state index in [-0.39, 0.29) is 0 Å². The van der Waals surface area contributed by atoms with Gasteiger partial charge in [-0.2, -0.15) is 0 Å². The summed E-state index contributed by atoms with van der Waals surface area (Å²) in [5, 5.41) is 18.6. The van der Waals surface area contributed by atoms with Gasteiger partial charge in [-0.1, -0.05) is 24.3 Å². The Kier molecular flexibility index (Phi) is 3.03. The van der Waals surface area contributed by atoms with E-state index in [0.717, 1.165) is 11.1 Å². The number of benzene rings is 1. The van der Waals surface area contributed by atoms with Gasteiger partial charge < -0.3 is 11.1 Å². The van der Waals surface area contributed by atoms with Crippen LogP contribution < -0.4 is 11.1 Å². The minimum atomic E-state index is 0.525. The van der Waals surface area contributed by atoms with Crippen molar-refractivity contribution in [2.45, 2.75) is 13.1 Å². The van der Waals surface area contributed by atoms with Gasteiger partial charge in [-0.3, -0.25) is 0 Å². The lowest BCUT2D eigenvalue weighted by Crippen LogP contribution is -2.08. The summed E-state index contributed by atoms with van der Waals surface area (Å²) in [4.78, 5) is 0. The topological polar surface area (TPSA) is 94.0 Å². The van der Waals surface area contributed by atoms with E-state index >= 15 is 0 Å². The lowest BCUT2D eigenvalue weighted by Gasteiger charge is -2.09. The average molecular weight is 255 g/mol. The first-order chi connectivity index (χ1) is 9.36. The first kappa shape index (κ1) is 11.5. The lowest BCUT2D eigenvalue weighted by molar-refractivity contribution is 0.734. The van der Waals surface area contributed by atoms with Gasteiger partial charge in [-0.25, -0.2) is 0 Å². The fourth-order valence-electron chi connectivity index (χ4n) is 1.86. The van der Waals surface area contributed by atoms with E-state index in [1.165, 1.54) is 4.63 Å². The minimum Gasteiger partial charge on any atom is -0.364 e. The van der Waals surface area contributed by atoms with Gasteiger partial charge in [0.25, 0.3) is 0 Å². The number of aromatic nitrogens is 5. The molecule has 0 saturated heterocycles. The molecule has 7 heteroatoms. The summed E-state index contributed by atoms with van der Waals surface area (Å²) in [6.07, 6.45) is 0. The van der Waals surface area contributed by atoms with E-state index < -0.39 is 0 Å². The molecule has 0 fully saturated rings. The minimum absolute atomic E-state index is 0.525. The number of hydrogen-bond donors (Lipinski definition) is 2. The Morgan fingerprint density at radius 1 is 1.11 bits per heavy atom. The lowest BCUT2D eigenvalue weighted by atomic mass is 10.1. The highest BCUT2D eigenvalue weighted by Crippen LogP contribution is 2.11. The Labute approximate surface area is 109 Å². The van der Waals surface area contributed by atoms with Crippen LogP contribution in [0.5, 0.6) is 0 Å². The maximum atomic E-state index is 5.71. The molecule has 0 saturated carbocycles. The van der Waals surface area contributed by atoms with Crippen LogP contribution in [-0.2, 0) is 13.1 Å². The quantitative estimate of drug-likeness (QED) is 0.708. The van der Waals surface area contributed by atoms with Crippen molar-refractivity contribution in [1.82, 2.24) is 25.3 Å². The van der Waals surface area contributed by atoms with Crippen LogP contribution in [0.15, 0.2) is 36.4 Å². The third-order valence-electron chi connectivity index (χ3n) is 2.87. The largest absolute Gasteiger partial charge is 0.364 e. The van der Waals surface area contributed by atoms with Crippen molar-refractivity contribution in [3.63, 3.8) is 0 Å². The number of hydrogen-bond acceptors (Lipinski definition) is 6. The van der Waals surface area contributed by atoms with Gasteiger partial charge in [0.2, 0.25) is 0 Å². The molecule has 0 radical (unpaired) electrons. The van der Waals surface area contributed by atoms with Crippen molar-refractivity contribution in [2.24, 2.45) is 5.73 Å². The first-order valence-electron chi connectivity index (χ1n) is 5.93. The van der Waals surface area contributed by atoms with Crippen molar-refractivity contribution in [1.29, 1.82) is 0 Å². The Hall–Kier alpha value is -2.54. The van der Waals surface area contributed by atoms with Crippen LogP contribution in [0.1, 0.15) is 11.1 Å². The Morgan fingerprint density at radius 3 is 2.79 bits per heavy atom. The summed E-state index contributed by atoms with van der Waals surface area (Å²) in [5.41, 5.74) is 8.60. The second kappa shape index (κ2) is 4.99. The fraction of sp³-hybridized carbons (Fsp3) is 0.167.